The summed E-state index contributed by atoms with van der Waals surface area (Å²) in [6.45, 7) is 4.29. The second kappa shape index (κ2) is 12.0. The minimum absolute atomic E-state index is 0.00140. The predicted molar refractivity (Wildman–Crippen MR) is 172 cm³/mol. The molecule has 1 aromatic heterocycles. The van der Waals surface area contributed by atoms with Crippen molar-refractivity contribution in [1.29, 1.82) is 0 Å². The first-order valence-electron chi connectivity index (χ1n) is 15.7. The maximum absolute atomic E-state index is 13.2. The summed E-state index contributed by atoms with van der Waals surface area (Å²) in [7, 11) is -3.93. The first kappa shape index (κ1) is 31.0. The van der Waals surface area contributed by atoms with E-state index < -0.39 is 21.8 Å². The zero-order valence-corrected chi connectivity index (χ0v) is 27.1. The Bertz CT molecular complexity index is 1650. The standard InChI is InChI=1S/C34H42ClN3O5S/c1-21-12-26(13-22(2)31(21)35)43-10-5-7-28-27-6-3-4-8-29(27)38(32(28)33(36)40)9-11-44(41,42)37-30(39)20-34-17-23-14-24(18-34)16-25(15-23)19-34/h3-4,6,8,12-13,23-25H,5,7,9-11,14-20H2,1-2H3,(H2,36,40)(H,37,39). The fourth-order valence-corrected chi connectivity index (χ4v) is 9.94. The molecule has 0 spiro atoms. The lowest BCUT2D eigenvalue weighted by molar-refractivity contribution is -0.127. The third-order valence-corrected chi connectivity index (χ3v) is 12.0. The maximum Gasteiger partial charge on any atom is 0.265 e. The molecule has 236 valence electrons. The van der Waals surface area contributed by atoms with Gasteiger partial charge in [0.2, 0.25) is 15.9 Å². The molecule has 3 aromatic rings. The van der Waals surface area contributed by atoms with E-state index in [4.69, 9.17) is 22.1 Å². The van der Waals surface area contributed by atoms with Gasteiger partial charge in [-0.1, -0.05) is 29.8 Å². The molecule has 2 amide bonds. The molecule has 1 heterocycles. The molecule has 0 aliphatic heterocycles. The van der Waals surface area contributed by atoms with Crippen molar-refractivity contribution in [2.75, 3.05) is 12.4 Å². The van der Waals surface area contributed by atoms with Gasteiger partial charge in [0, 0.05) is 28.9 Å². The number of hydrogen-bond donors (Lipinski definition) is 2. The van der Waals surface area contributed by atoms with Crippen molar-refractivity contribution in [2.45, 2.75) is 78.2 Å². The van der Waals surface area contributed by atoms with Crippen LogP contribution in [0.5, 0.6) is 5.75 Å². The largest absolute Gasteiger partial charge is 0.494 e. The number of para-hydroxylation sites is 1. The molecule has 4 aliphatic carbocycles. The van der Waals surface area contributed by atoms with Gasteiger partial charge < -0.3 is 15.0 Å². The lowest BCUT2D eigenvalue weighted by Crippen LogP contribution is -2.48. The monoisotopic (exact) mass is 639 g/mol. The molecule has 0 unspecified atom stereocenters. The highest BCUT2D eigenvalue weighted by atomic mass is 35.5. The average Bonchev–Trinajstić information content (AvgIpc) is 3.25. The third-order valence-electron chi connectivity index (χ3n) is 10.1. The molecule has 4 aliphatic rings. The number of nitrogens with zero attached hydrogens (tertiary/aromatic N) is 1. The lowest BCUT2D eigenvalue weighted by Gasteiger charge is -2.56. The molecule has 10 heteroatoms. The zero-order valence-electron chi connectivity index (χ0n) is 25.5. The van der Waals surface area contributed by atoms with E-state index >= 15 is 0 Å². The molecule has 4 saturated carbocycles. The van der Waals surface area contributed by atoms with Crippen LogP contribution in [0.25, 0.3) is 10.9 Å². The molecular weight excluding hydrogens is 598 g/mol. The Hall–Kier alpha value is -3.04. The highest BCUT2D eigenvalue weighted by Crippen LogP contribution is 2.61. The Morgan fingerprint density at radius 3 is 2.27 bits per heavy atom. The van der Waals surface area contributed by atoms with E-state index in [0.29, 0.717) is 42.9 Å². The molecule has 0 atom stereocenters. The summed E-state index contributed by atoms with van der Waals surface area (Å²) in [4.78, 5) is 25.8. The summed E-state index contributed by atoms with van der Waals surface area (Å²) in [5, 5.41) is 1.57. The van der Waals surface area contributed by atoms with Crippen molar-refractivity contribution in [3.8, 4) is 5.75 Å². The third kappa shape index (κ3) is 6.36. The van der Waals surface area contributed by atoms with E-state index in [9.17, 15) is 18.0 Å². The van der Waals surface area contributed by atoms with Crippen LogP contribution in [0, 0.1) is 37.0 Å². The Morgan fingerprint density at radius 2 is 1.66 bits per heavy atom. The molecule has 3 N–H and O–H groups in total. The minimum Gasteiger partial charge on any atom is -0.494 e. The number of ether oxygens (including phenoxy) is 1. The lowest BCUT2D eigenvalue weighted by atomic mass is 9.49. The molecule has 7 rings (SSSR count). The molecule has 0 radical (unpaired) electrons. The SMILES string of the molecule is Cc1cc(OCCCc2c(C(N)=O)n(CCS(=O)(=O)NC(=O)CC34CC5CC(CC(C5)C3)C4)c3ccccc23)cc(C)c1Cl. The van der Waals surface area contributed by atoms with Gasteiger partial charge in [0.1, 0.15) is 11.4 Å². The van der Waals surface area contributed by atoms with E-state index in [-0.39, 0.29) is 24.1 Å². The highest BCUT2D eigenvalue weighted by molar-refractivity contribution is 7.90. The van der Waals surface area contributed by atoms with Gasteiger partial charge >= 0.3 is 0 Å². The summed E-state index contributed by atoms with van der Waals surface area (Å²) in [5.74, 6) is 1.42. The van der Waals surface area contributed by atoms with E-state index in [0.717, 1.165) is 57.6 Å². The molecule has 4 fully saturated rings. The fourth-order valence-electron chi connectivity index (χ4n) is 8.89. The molecule has 44 heavy (non-hydrogen) atoms. The van der Waals surface area contributed by atoms with Gasteiger partial charge in [-0.25, -0.2) is 8.42 Å². The van der Waals surface area contributed by atoms with Gasteiger partial charge in [0.25, 0.3) is 5.91 Å². The number of benzene rings is 2. The van der Waals surface area contributed by atoms with Gasteiger partial charge in [0.15, 0.2) is 0 Å². The van der Waals surface area contributed by atoms with Crippen LogP contribution in [0.1, 0.15) is 78.5 Å². The number of nitrogens with one attached hydrogen (secondary N) is 1. The van der Waals surface area contributed by atoms with E-state index in [1.165, 1.54) is 19.3 Å². The van der Waals surface area contributed by atoms with Crippen molar-refractivity contribution in [3.05, 3.63) is 63.8 Å². The topological polar surface area (TPSA) is 120 Å². The first-order valence-corrected chi connectivity index (χ1v) is 17.8. The van der Waals surface area contributed by atoms with Crippen LogP contribution in [0.4, 0.5) is 0 Å². The van der Waals surface area contributed by atoms with E-state index in [2.05, 4.69) is 4.72 Å². The van der Waals surface area contributed by atoms with Gasteiger partial charge in [-0.3, -0.25) is 14.3 Å². The number of aryl methyl sites for hydroxylation is 4. The number of nitrogens with two attached hydrogens (primary N) is 1. The van der Waals surface area contributed by atoms with Gasteiger partial charge in [0.05, 0.1) is 12.4 Å². The summed E-state index contributed by atoms with van der Waals surface area (Å²) in [5.41, 5.74) is 9.52. The molecule has 0 saturated heterocycles. The normalized spacial score (nSPS) is 24.1. The Labute approximate surface area is 264 Å². The Kier molecular flexibility index (Phi) is 8.48. The summed E-state index contributed by atoms with van der Waals surface area (Å²) in [6, 6.07) is 11.3. The average molecular weight is 640 g/mol. The Balaban J connectivity index is 1.13. The number of sulfonamides is 1. The van der Waals surface area contributed by atoms with Gasteiger partial charge in [-0.05, 0) is 123 Å². The second-order valence-corrected chi connectivity index (χ2v) is 15.8. The van der Waals surface area contributed by atoms with E-state index in [1.807, 2.05) is 50.2 Å². The number of primary amides is 1. The van der Waals surface area contributed by atoms with Crippen LogP contribution in [0.3, 0.4) is 0 Å². The van der Waals surface area contributed by atoms with Gasteiger partial charge in [-0.2, -0.15) is 0 Å². The van der Waals surface area contributed by atoms with Crippen molar-refractivity contribution in [3.63, 3.8) is 0 Å². The number of carbonyl (C=O) groups is 2. The fraction of sp³-hybridized carbons (Fsp3) is 0.529. The molecule has 4 bridgehead atoms. The van der Waals surface area contributed by atoms with Crippen LogP contribution in [0.15, 0.2) is 36.4 Å². The van der Waals surface area contributed by atoms with Crippen LogP contribution in [-0.2, 0) is 27.8 Å². The van der Waals surface area contributed by atoms with Crippen LogP contribution in [-0.4, -0.2) is 37.2 Å². The number of hydrogen-bond acceptors (Lipinski definition) is 5. The smallest absolute Gasteiger partial charge is 0.265 e. The molecule has 2 aromatic carbocycles. The number of aromatic nitrogens is 1. The summed E-state index contributed by atoms with van der Waals surface area (Å²) in [6.07, 6.45) is 8.33. The summed E-state index contributed by atoms with van der Waals surface area (Å²) >= 11 is 6.28. The molecular formula is C34H42ClN3O5S. The Morgan fingerprint density at radius 1 is 1.05 bits per heavy atom. The first-order chi connectivity index (χ1) is 20.9. The number of amides is 2. The van der Waals surface area contributed by atoms with Crippen molar-refractivity contribution in [1.82, 2.24) is 9.29 Å². The van der Waals surface area contributed by atoms with Crippen molar-refractivity contribution in [2.24, 2.45) is 28.9 Å². The minimum atomic E-state index is -3.93. The number of carbonyl (C=O) groups excluding carboxylic acids is 2. The predicted octanol–water partition coefficient (Wildman–Crippen LogP) is 6.07. The van der Waals surface area contributed by atoms with Crippen LogP contribution in [0.2, 0.25) is 5.02 Å². The van der Waals surface area contributed by atoms with Crippen LogP contribution >= 0.6 is 11.6 Å². The maximum atomic E-state index is 13.2. The summed E-state index contributed by atoms with van der Waals surface area (Å²) < 4.78 is 36.3. The molecule has 8 nitrogen and oxygen atoms in total. The number of fused-ring (bicyclic) bond motifs is 1. The highest BCUT2D eigenvalue weighted by Gasteiger charge is 2.51. The van der Waals surface area contributed by atoms with Crippen molar-refractivity contribution < 1.29 is 22.7 Å². The van der Waals surface area contributed by atoms with Crippen molar-refractivity contribution >= 4 is 44.3 Å². The number of halogens is 1. The second-order valence-electron chi connectivity index (χ2n) is 13.6. The van der Waals surface area contributed by atoms with Gasteiger partial charge in [-0.15, -0.1) is 0 Å². The van der Waals surface area contributed by atoms with E-state index in [1.54, 1.807) is 4.57 Å². The number of rotatable bonds is 12. The quantitative estimate of drug-likeness (QED) is 0.233. The zero-order chi connectivity index (χ0) is 31.2. The van der Waals surface area contributed by atoms with Crippen LogP contribution < -0.4 is 15.2 Å².